The summed E-state index contributed by atoms with van der Waals surface area (Å²) in [6, 6.07) is 14.8. The van der Waals surface area contributed by atoms with Gasteiger partial charge in [0.15, 0.2) is 0 Å². The number of ether oxygens (including phenoxy) is 6. The van der Waals surface area contributed by atoms with Gasteiger partial charge in [0.05, 0.1) is 42.7 Å². The lowest BCUT2D eigenvalue weighted by Crippen LogP contribution is -2.43. The van der Waals surface area contributed by atoms with Crippen molar-refractivity contribution in [2.24, 2.45) is 0 Å². The van der Waals surface area contributed by atoms with Crippen molar-refractivity contribution >= 4 is 17.7 Å². The molecule has 0 unspecified atom stereocenters. The molecule has 0 aromatic heterocycles. The van der Waals surface area contributed by atoms with E-state index in [0.29, 0.717) is 90.5 Å². The Bertz CT molecular complexity index is 1240. The van der Waals surface area contributed by atoms with Crippen molar-refractivity contribution in [3.63, 3.8) is 0 Å². The number of amides is 3. The molecule has 3 rings (SSSR count). The van der Waals surface area contributed by atoms with E-state index in [1.54, 1.807) is 54.6 Å². The average molecular weight is 639 g/mol. The smallest absolute Gasteiger partial charge is 0.251 e. The third kappa shape index (κ3) is 10.5. The molecule has 3 aromatic rings. The van der Waals surface area contributed by atoms with E-state index in [1.165, 1.54) is 42.7 Å². The molecule has 46 heavy (non-hydrogen) atoms. The fraction of sp³-hybridized carbons (Fsp3) is 0.364. The largest absolute Gasteiger partial charge is 0.497 e. The van der Waals surface area contributed by atoms with Crippen molar-refractivity contribution in [3.8, 4) is 34.5 Å². The lowest BCUT2D eigenvalue weighted by atomic mass is 10.2. The maximum atomic E-state index is 12.9. The average Bonchev–Trinajstić information content (AvgIpc) is 3.10. The molecule has 0 fully saturated rings. The zero-order chi connectivity index (χ0) is 33.5. The van der Waals surface area contributed by atoms with Crippen LogP contribution in [0, 0.1) is 0 Å². The third-order valence-corrected chi connectivity index (χ3v) is 6.98. The van der Waals surface area contributed by atoms with Gasteiger partial charge in [0, 0.05) is 74.2 Å². The fourth-order valence-electron chi connectivity index (χ4n) is 4.44. The highest BCUT2D eigenvalue weighted by atomic mass is 16.5. The molecule has 0 saturated carbocycles. The number of hydrogen-bond donors (Lipinski definition) is 3. The molecular formula is C33H42N4O9. The van der Waals surface area contributed by atoms with Gasteiger partial charge in [-0.25, -0.2) is 0 Å². The van der Waals surface area contributed by atoms with Crippen LogP contribution >= 0.6 is 0 Å². The standard InChI is InChI=1S/C33H42N4O9/c1-41-25-13-22(14-26(19-25)42-2)31(38)34-7-10-37(11-8-35-32(39)23-15-27(43-3)20-28(16-23)44-4)12-9-36-33(40)24-17-29(45-5)21-30(18-24)46-6/h13-21H,7-12H2,1-6H3,(H,34,38)(H,35,39)(H,36,40). The van der Waals surface area contributed by atoms with Gasteiger partial charge in [-0.05, 0) is 36.4 Å². The van der Waals surface area contributed by atoms with Crippen LogP contribution in [0.25, 0.3) is 0 Å². The van der Waals surface area contributed by atoms with Gasteiger partial charge >= 0.3 is 0 Å². The Labute approximate surface area is 269 Å². The monoisotopic (exact) mass is 638 g/mol. The molecule has 0 atom stereocenters. The predicted octanol–water partition coefficient (Wildman–Crippen LogP) is 2.63. The number of carbonyl (C=O) groups is 3. The first-order valence-corrected chi connectivity index (χ1v) is 14.5. The van der Waals surface area contributed by atoms with Crippen LogP contribution in [0.2, 0.25) is 0 Å². The van der Waals surface area contributed by atoms with Gasteiger partial charge in [-0.3, -0.25) is 19.3 Å². The van der Waals surface area contributed by atoms with E-state index in [1.807, 2.05) is 4.90 Å². The van der Waals surface area contributed by atoms with Crippen molar-refractivity contribution in [1.82, 2.24) is 20.9 Å². The van der Waals surface area contributed by atoms with Crippen molar-refractivity contribution in [3.05, 3.63) is 71.3 Å². The van der Waals surface area contributed by atoms with E-state index < -0.39 is 0 Å². The van der Waals surface area contributed by atoms with E-state index in [9.17, 15) is 14.4 Å². The number of benzene rings is 3. The summed E-state index contributed by atoms with van der Waals surface area (Å²) in [4.78, 5) is 40.7. The molecule has 0 bridgehead atoms. The lowest BCUT2D eigenvalue weighted by molar-refractivity contribution is 0.0947. The molecule has 3 amide bonds. The number of methoxy groups -OCH3 is 6. The Hall–Kier alpha value is -5.17. The minimum atomic E-state index is -0.294. The zero-order valence-corrected chi connectivity index (χ0v) is 27.1. The highest BCUT2D eigenvalue weighted by Gasteiger charge is 2.15. The lowest BCUT2D eigenvalue weighted by Gasteiger charge is -2.23. The summed E-state index contributed by atoms with van der Waals surface area (Å²) >= 11 is 0. The Balaban J connectivity index is 1.63. The number of hydrogen-bond acceptors (Lipinski definition) is 10. The maximum Gasteiger partial charge on any atom is 0.251 e. The van der Waals surface area contributed by atoms with E-state index in [-0.39, 0.29) is 17.7 Å². The van der Waals surface area contributed by atoms with Crippen LogP contribution < -0.4 is 44.4 Å². The van der Waals surface area contributed by atoms with E-state index in [0.717, 1.165) is 0 Å². The molecule has 0 saturated heterocycles. The third-order valence-electron chi connectivity index (χ3n) is 6.98. The summed E-state index contributed by atoms with van der Waals surface area (Å²) in [5.41, 5.74) is 1.18. The van der Waals surface area contributed by atoms with Crippen molar-refractivity contribution in [2.45, 2.75) is 0 Å². The first-order chi connectivity index (χ1) is 22.2. The predicted molar refractivity (Wildman–Crippen MR) is 172 cm³/mol. The maximum absolute atomic E-state index is 12.9. The summed E-state index contributed by atoms with van der Waals surface area (Å²) in [7, 11) is 9.09. The minimum absolute atomic E-state index is 0.294. The molecule has 0 aliphatic carbocycles. The molecule has 3 aromatic carbocycles. The molecule has 0 radical (unpaired) electrons. The van der Waals surface area contributed by atoms with Crippen LogP contribution in [0.5, 0.6) is 34.5 Å². The van der Waals surface area contributed by atoms with Crippen LogP contribution in [0.15, 0.2) is 54.6 Å². The van der Waals surface area contributed by atoms with Gasteiger partial charge in [0.25, 0.3) is 17.7 Å². The first kappa shape index (κ1) is 35.3. The summed E-state index contributed by atoms with van der Waals surface area (Å²) in [6.45, 7) is 2.25. The zero-order valence-electron chi connectivity index (χ0n) is 27.1. The quantitative estimate of drug-likeness (QED) is 0.190. The molecule has 13 nitrogen and oxygen atoms in total. The van der Waals surface area contributed by atoms with Crippen LogP contribution in [-0.4, -0.2) is 105 Å². The van der Waals surface area contributed by atoms with Crippen molar-refractivity contribution in [1.29, 1.82) is 0 Å². The van der Waals surface area contributed by atoms with E-state index in [2.05, 4.69) is 16.0 Å². The Morgan fingerprint density at radius 2 is 0.652 bits per heavy atom. The highest BCUT2D eigenvalue weighted by molar-refractivity contribution is 5.96. The summed E-state index contributed by atoms with van der Waals surface area (Å²) in [5, 5.41) is 8.73. The van der Waals surface area contributed by atoms with Gasteiger partial charge in [0.1, 0.15) is 34.5 Å². The summed E-state index contributed by atoms with van der Waals surface area (Å²) in [6.07, 6.45) is 0. The first-order valence-electron chi connectivity index (χ1n) is 14.5. The second-order valence-electron chi connectivity index (χ2n) is 9.91. The topological polar surface area (TPSA) is 146 Å². The number of nitrogens with one attached hydrogen (secondary N) is 3. The molecule has 3 N–H and O–H groups in total. The van der Waals surface area contributed by atoms with Crippen LogP contribution in [-0.2, 0) is 0 Å². The SMILES string of the molecule is COc1cc(OC)cc(C(=O)NCCN(CCNC(=O)c2cc(OC)cc(OC)c2)CCNC(=O)c2cc(OC)cc(OC)c2)c1. The number of rotatable bonds is 18. The number of nitrogens with zero attached hydrogens (tertiary/aromatic N) is 1. The van der Waals surface area contributed by atoms with E-state index >= 15 is 0 Å². The molecule has 0 aliphatic rings. The van der Waals surface area contributed by atoms with Gasteiger partial charge < -0.3 is 44.4 Å². The van der Waals surface area contributed by atoms with Crippen molar-refractivity contribution in [2.75, 3.05) is 81.9 Å². The minimum Gasteiger partial charge on any atom is -0.497 e. The molecular weight excluding hydrogens is 596 g/mol. The number of carbonyl (C=O) groups excluding carboxylic acids is 3. The molecule has 13 heteroatoms. The van der Waals surface area contributed by atoms with E-state index in [4.69, 9.17) is 28.4 Å². The van der Waals surface area contributed by atoms with Crippen molar-refractivity contribution < 1.29 is 42.8 Å². The molecule has 248 valence electrons. The molecule has 0 heterocycles. The molecule has 0 aliphatic heterocycles. The Morgan fingerprint density at radius 1 is 0.435 bits per heavy atom. The summed E-state index contributed by atoms with van der Waals surface area (Å²) < 4.78 is 31.6. The van der Waals surface area contributed by atoms with Crippen LogP contribution in [0.4, 0.5) is 0 Å². The Kier molecular flexibility index (Phi) is 13.8. The second kappa shape index (κ2) is 18.0. The summed E-state index contributed by atoms with van der Waals surface area (Å²) in [5.74, 6) is 2.12. The van der Waals surface area contributed by atoms with Crippen LogP contribution in [0.3, 0.4) is 0 Å². The highest BCUT2D eigenvalue weighted by Crippen LogP contribution is 2.24. The van der Waals surface area contributed by atoms with Crippen LogP contribution in [0.1, 0.15) is 31.1 Å². The van der Waals surface area contributed by atoms with Gasteiger partial charge in [0.2, 0.25) is 0 Å². The normalized spacial score (nSPS) is 10.5. The van der Waals surface area contributed by atoms with Gasteiger partial charge in [-0.15, -0.1) is 0 Å². The van der Waals surface area contributed by atoms with Gasteiger partial charge in [-0.1, -0.05) is 0 Å². The van der Waals surface area contributed by atoms with Gasteiger partial charge in [-0.2, -0.15) is 0 Å². The Morgan fingerprint density at radius 3 is 0.848 bits per heavy atom. The molecule has 0 spiro atoms. The fourth-order valence-corrected chi connectivity index (χ4v) is 4.44. The second-order valence-corrected chi connectivity index (χ2v) is 9.91.